The van der Waals surface area contributed by atoms with Gasteiger partial charge in [0.2, 0.25) is 0 Å². The molecule has 0 atom stereocenters. The molecule has 1 heterocycles. The fourth-order valence-corrected chi connectivity index (χ4v) is 3.68. The smallest absolute Gasteiger partial charge is 0.282 e. The zero-order valence-corrected chi connectivity index (χ0v) is 19.0. The van der Waals surface area contributed by atoms with Crippen molar-refractivity contribution in [3.05, 3.63) is 89.9 Å². The van der Waals surface area contributed by atoms with Crippen molar-refractivity contribution in [2.24, 2.45) is 0 Å². The van der Waals surface area contributed by atoms with Crippen molar-refractivity contribution in [1.82, 2.24) is 0 Å². The van der Waals surface area contributed by atoms with Gasteiger partial charge in [-0.15, -0.1) is 0 Å². The van der Waals surface area contributed by atoms with Gasteiger partial charge in [-0.2, -0.15) is 0 Å². The quantitative estimate of drug-likeness (QED) is 0.433. The minimum absolute atomic E-state index is 0.102. The molecule has 0 saturated heterocycles. The van der Waals surface area contributed by atoms with Crippen LogP contribution in [0.1, 0.15) is 25.8 Å². The van der Waals surface area contributed by atoms with Gasteiger partial charge in [0.1, 0.15) is 23.0 Å². The fourth-order valence-electron chi connectivity index (χ4n) is 3.68. The third kappa shape index (κ3) is 4.78. The second-order valence-corrected chi connectivity index (χ2v) is 7.63. The van der Waals surface area contributed by atoms with Gasteiger partial charge in [-0.05, 0) is 61.4 Å². The van der Waals surface area contributed by atoms with Gasteiger partial charge in [0.05, 0.1) is 24.5 Å². The Morgan fingerprint density at radius 3 is 2.32 bits per heavy atom. The molecule has 0 aliphatic carbocycles. The Morgan fingerprint density at radius 1 is 0.853 bits per heavy atom. The molecule has 0 fully saturated rings. The number of hydrogen-bond acceptors (Lipinski definition) is 5. The van der Waals surface area contributed by atoms with Gasteiger partial charge in [0, 0.05) is 11.8 Å². The summed E-state index contributed by atoms with van der Waals surface area (Å²) < 4.78 is 25.1. The number of hydrogen-bond donors (Lipinski definition) is 1. The summed E-state index contributed by atoms with van der Waals surface area (Å²) in [4.78, 5) is 27.9. The first-order chi connectivity index (χ1) is 16.5. The summed E-state index contributed by atoms with van der Waals surface area (Å²) in [7, 11) is 0. The number of amides is 2. The number of carbonyl (C=O) groups excluding carboxylic acids is 2. The van der Waals surface area contributed by atoms with Crippen LogP contribution in [0.2, 0.25) is 0 Å². The second kappa shape index (κ2) is 10.2. The topological polar surface area (TPSA) is 67.9 Å². The number of benzene rings is 3. The average molecular weight is 461 g/mol. The molecule has 0 aromatic heterocycles. The van der Waals surface area contributed by atoms with Crippen molar-refractivity contribution in [3.8, 4) is 11.5 Å². The maximum Gasteiger partial charge on any atom is 0.282 e. The Kier molecular flexibility index (Phi) is 6.92. The summed E-state index contributed by atoms with van der Waals surface area (Å²) in [5.74, 6) is -0.349. The van der Waals surface area contributed by atoms with Crippen LogP contribution in [0.25, 0.3) is 5.57 Å². The summed E-state index contributed by atoms with van der Waals surface area (Å²) >= 11 is 0. The van der Waals surface area contributed by atoms with E-state index < -0.39 is 17.6 Å². The molecule has 0 unspecified atom stereocenters. The lowest BCUT2D eigenvalue weighted by Crippen LogP contribution is -2.32. The van der Waals surface area contributed by atoms with Crippen molar-refractivity contribution in [3.63, 3.8) is 0 Å². The van der Waals surface area contributed by atoms with Crippen molar-refractivity contribution in [1.29, 1.82) is 0 Å². The van der Waals surface area contributed by atoms with Crippen LogP contribution in [0.5, 0.6) is 11.5 Å². The fraction of sp³-hybridized carbons (Fsp3) is 0.185. The molecular weight excluding hydrogens is 435 g/mol. The molecule has 34 heavy (non-hydrogen) atoms. The number of halogens is 1. The highest BCUT2D eigenvalue weighted by molar-refractivity contribution is 6.46. The Morgan fingerprint density at radius 2 is 1.62 bits per heavy atom. The second-order valence-electron chi connectivity index (χ2n) is 7.63. The number of nitrogens with zero attached hydrogens (tertiary/aromatic N) is 1. The van der Waals surface area contributed by atoms with Crippen LogP contribution < -0.4 is 19.7 Å². The molecule has 6 nitrogen and oxygen atoms in total. The van der Waals surface area contributed by atoms with E-state index in [1.807, 2.05) is 13.8 Å². The zero-order chi connectivity index (χ0) is 24.1. The summed E-state index contributed by atoms with van der Waals surface area (Å²) in [6, 6.07) is 19.5. The summed E-state index contributed by atoms with van der Waals surface area (Å²) in [6.45, 7) is 4.97. The SMILES string of the molecule is CCCOc1ccc(C2=C(Nc3cccc(OCC)c3)C(=O)N(c3cccc(F)c3)C2=O)cc1. The monoisotopic (exact) mass is 460 g/mol. The van der Waals surface area contributed by atoms with Crippen LogP contribution in [0.3, 0.4) is 0 Å². The molecule has 4 rings (SSSR count). The highest BCUT2D eigenvalue weighted by atomic mass is 19.1. The van der Waals surface area contributed by atoms with Crippen LogP contribution in [-0.4, -0.2) is 25.0 Å². The standard InChI is InChI=1S/C27H25FN2O4/c1-3-15-34-22-13-11-18(12-14-22)24-25(29-20-8-6-10-23(17-20)33-4-2)27(32)30(26(24)31)21-9-5-7-19(28)16-21/h5-14,16-17,29H,3-4,15H2,1-2H3. The maximum absolute atomic E-state index is 13.9. The Balaban J connectivity index is 1.75. The normalized spacial score (nSPS) is 13.4. The van der Waals surface area contributed by atoms with E-state index in [4.69, 9.17) is 9.47 Å². The molecule has 1 N–H and O–H groups in total. The maximum atomic E-state index is 13.9. The van der Waals surface area contributed by atoms with Crippen molar-refractivity contribution in [2.75, 3.05) is 23.4 Å². The van der Waals surface area contributed by atoms with Crippen LogP contribution in [-0.2, 0) is 9.59 Å². The zero-order valence-electron chi connectivity index (χ0n) is 19.0. The molecular formula is C27H25FN2O4. The summed E-state index contributed by atoms with van der Waals surface area (Å²) in [6.07, 6.45) is 0.872. The first-order valence-electron chi connectivity index (χ1n) is 11.1. The predicted molar refractivity (Wildman–Crippen MR) is 129 cm³/mol. The molecule has 7 heteroatoms. The van der Waals surface area contributed by atoms with E-state index in [-0.39, 0.29) is 17.0 Å². The highest BCUT2D eigenvalue weighted by Crippen LogP contribution is 2.35. The molecule has 0 radical (unpaired) electrons. The Labute approximate surface area is 197 Å². The molecule has 0 bridgehead atoms. The highest BCUT2D eigenvalue weighted by Gasteiger charge is 2.40. The van der Waals surface area contributed by atoms with E-state index >= 15 is 0 Å². The van der Waals surface area contributed by atoms with Gasteiger partial charge in [0.25, 0.3) is 11.8 Å². The number of rotatable bonds is 9. The van der Waals surface area contributed by atoms with Gasteiger partial charge in [-0.1, -0.05) is 31.2 Å². The van der Waals surface area contributed by atoms with Gasteiger partial charge in [-0.25, -0.2) is 9.29 Å². The number of anilines is 2. The molecule has 1 aliphatic heterocycles. The lowest BCUT2D eigenvalue weighted by atomic mass is 10.0. The van der Waals surface area contributed by atoms with Gasteiger partial charge in [0.15, 0.2) is 0 Å². The van der Waals surface area contributed by atoms with Gasteiger partial charge >= 0.3 is 0 Å². The van der Waals surface area contributed by atoms with E-state index in [9.17, 15) is 14.0 Å². The number of imide groups is 1. The van der Waals surface area contributed by atoms with Crippen LogP contribution >= 0.6 is 0 Å². The van der Waals surface area contributed by atoms with Crippen LogP contribution in [0, 0.1) is 5.82 Å². The minimum atomic E-state index is -0.571. The molecule has 3 aromatic rings. The Hall–Kier alpha value is -4.13. The lowest BCUT2D eigenvalue weighted by molar-refractivity contribution is -0.120. The lowest BCUT2D eigenvalue weighted by Gasteiger charge is -2.15. The largest absolute Gasteiger partial charge is 0.494 e. The number of carbonyl (C=O) groups is 2. The van der Waals surface area contributed by atoms with Crippen molar-refractivity contribution < 1.29 is 23.5 Å². The molecule has 1 aliphatic rings. The predicted octanol–water partition coefficient (Wildman–Crippen LogP) is 5.41. The molecule has 0 saturated carbocycles. The first-order valence-corrected chi connectivity index (χ1v) is 11.1. The van der Waals surface area contributed by atoms with Gasteiger partial charge in [-0.3, -0.25) is 9.59 Å². The number of ether oxygens (including phenoxy) is 2. The van der Waals surface area contributed by atoms with E-state index in [1.165, 1.54) is 18.2 Å². The summed E-state index contributed by atoms with van der Waals surface area (Å²) in [5.41, 5.74) is 1.59. The van der Waals surface area contributed by atoms with E-state index in [0.717, 1.165) is 17.4 Å². The summed E-state index contributed by atoms with van der Waals surface area (Å²) in [5, 5.41) is 3.09. The van der Waals surface area contributed by atoms with E-state index in [0.29, 0.717) is 36.0 Å². The van der Waals surface area contributed by atoms with Gasteiger partial charge < -0.3 is 14.8 Å². The molecule has 3 aromatic carbocycles. The van der Waals surface area contributed by atoms with Crippen molar-refractivity contribution in [2.45, 2.75) is 20.3 Å². The third-order valence-corrected chi connectivity index (χ3v) is 5.18. The number of nitrogens with one attached hydrogen (secondary N) is 1. The third-order valence-electron chi connectivity index (χ3n) is 5.18. The first kappa shape index (κ1) is 23.0. The molecule has 2 amide bonds. The molecule has 0 spiro atoms. The minimum Gasteiger partial charge on any atom is -0.494 e. The van der Waals surface area contributed by atoms with E-state index in [2.05, 4.69) is 5.32 Å². The van der Waals surface area contributed by atoms with Crippen molar-refractivity contribution >= 4 is 28.8 Å². The molecule has 174 valence electrons. The van der Waals surface area contributed by atoms with E-state index in [1.54, 1.807) is 48.5 Å². The average Bonchev–Trinajstić information content (AvgIpc) is 3.07. The van der Waals surface area contributed by atoms with Crippen LogP contribution in [0.4, 0.5) is 15.8 Å². The Bertz CT molecular complexity index is 1240. The van der Waals surface area contributed by atoms with Crippen LogP contribution in [0.15, 0.2) is 78.5 Å².